The molecular formula is C10H19N3O. The average Bonchev–Trinajstić information content (AvgIpc) is 2.27. The maximum absolute atomic E-state index is 11.5. The smallest absolute Gasteiger partial charge is 0.320 e. The number of hydrazine groups is 1. The van der Waals surface area contributed by atoms with E-state index in [1.165, 1.54) is 25.7 Å². The zero-order valence-corrected chi connectivity index (χ0v) is 8.54. The van der Waals surface area contributed by atoms with Crippen molar-refractivity contribution in [2.45, 2.75) is 44.6 Å². The first-order valence-corrected chi connectivity index (χ1v) is 5.60. The molecule has 0 bridgehead atoms. The number of nitrogens with two attached hydrogens (primary N) is 1. The summed E-state index contributed by atoms with van der Waals surface area (Å²) in [5.74, 6) is 5.91. The highest BCUT2D eigenvalue weighted by Crippen LogP contribution is 2.34. The lowest BCUT2D eigenvalue weighted by molar-refractivity contribution is 0.0843. The lowest BCUT2D eigenvalue weighted by Gasteiger charge is -2.43. The van der Waals surface area contributed by atoms with Crippen LogP contribution in [0.3, 0.4) is 0 Å². The summed E-state index contributed by atoms with van der Waals surface area (Å²) in [5.41, 5.74) is 2.25. The third-order valence-electron chi connectivity index (χ3n) is 3.63. The van der Waals surface area contributed by atoms with Crippen LogP contribution in [0.2, 0.25) is 0 Å². The summed E-state index contributed by atoms with van der Waals surface area (Å²) in [6.45, 7) is 0.879. The molecule has 3 N–H and O–H groups in total. The van der Waals surface area contributed by atoms with Crippen LogP contribution >= 0.6 is 0 Å². The molecule has 0 aromatic carbocycles. The summed E-state index contributed by atoms with van der Waals surface area (Å²) in [7, 11) is 0. The van der Waals surface area contributed by atoms with Gasteiger partial charge in [0.25, 0.3) is 0 Å². The maximum Gasteiger partial charge on any atom is 0.331 e. The van der Waals surface area contributed by atoms with E-state index in [-0.39, 0.29) is 6.03 Å². The van der Waals surface area contributed by atoms with Crippen molar-refractivity contribution in [3.8, 4) is 0 Å². The number of nitrogens with zero attached hydrogens (tertiary/aromatic N) is 1. The lowest BCUT2D eigenvalue weighted by Crippen LogP contribution is -2.54. The molecule has 80 valence electrons. The molecule has 4 nitrogen and oxygen atoms in total. The highest BCUT2D eigenvalue weighted by atomic mass is 16.2. The molecule has 2 aliphatic rings. The van der Waals surface area contributed by atoms with Gasteiger partial charge in [-0.3, -0.25) is 5.43 Å². The molecule has 1 heterocycles. The highest BCUT2D eigenvalue weighted by Gasteiger charge is 2.35. The standard InChI is InChI=1S/C10H19N3O/c11-12-10(14)13-7-3-5-8-4-1-2-6-9(8)13/h8-9H,1-7,11H2,(H,12,14)/t8-,9-/m1/s1. The van der Waals surface area contributed by atoms with E-state index >= 15 is 0 Å². The van der Waals surface area contributed by atoms with E-state index < -0.39 is 0 Å². The molecule has 1 saturated carbocycles. The summed E-state index contributed by atoms with van der Waals surface area (Å²) < 4.78 is 0. The molecule has 2 atom stereocenters. The zero-order chi connectivity index (χ0) is 9.97. The predicted molar refractivity (Wildman–Crippen MR) is 54.4 cm³/mol. The fourth-order valence-corrected chi connectivity index (χ4v) is 2.96. The monoisotopic (exact) mass is 197 g/mol. The highest BCUT2D eigenvalue weighted by molar-refractivity contribution is 5.74. The first kappa shape index (κ1) is 9.77. The van der Waals surface area contributed by atoms with Gasteiger partial charge < -0.3 is 4.90 Å². The second kappa shape index (κ2) is 4.17. The summed E-state index contributed by atoms with van der Waals surface area (Å²) in [6.07, 6.45) is 7.47. The van der Waals surface area contributed by atoms with Gasteiger partial charge in [0.2, 0.25) is 0 Å². The Balaban J connectivity index is 2.04. The Morgan fingerprint density at radius 1 is 1.21 bits per heavy atom. The van der Waals surface area contributed by atoms with Crippen molar-refractivity contribution in [2.75, 3.05) is 6.54 Å². The van der Waals surface area contributed by atoms with E-state index in [4.69, 9.17) is 5.84 Å². The van der Waals surface area contributed by atoms with Gasteiger partial charge in [0.1, 0.15) is 0 Å². The Morgan fingerprint density at radius 2 is 1.93 bits per heavy atom. The van der Waals surface area contributed by atoms with E-state index in [0.717, 1.165) is 25.3 Å². The predicted octanol–water partition coefficient (Wildman–Crippen LogP) is 1.22. The van der Waals surface area contributed by atoms with Gasteiger partial charge >= 0.3 is 6.03 Å². The minimum absolute atomic E-state index is 0.0957. The van der Waals surface area contributed by atoms with E-state index in [0.29, 0.717) is 6.04 Å². The molecule has 2 amide bonds. The van der Waals surface area contributed by atoms with Crippen molar-refractivity contribution in [3.63, 3.8) is 0 Å². The number of nitrogens with one attached hydrogen (secondary N) is 1. The van der Waals surface area contributed by atoms with Gasteiger partial charge in [-0.2, -0.15) is 0 Å². The van der Waals surface area contributed by atoms with E-state index in [1.54, 1.807) is 0 Å². The van der Waals surface area contributed by atoms with Gasteiger partial charge in [0.05, 0.1) is 0 Å². The topological polar surface area (TPSA) is 58.4 Å². The molecule has 1 aliphatic carbocycles. The molecule has 2 fully saturated rings. The molecule has 4 heteroatoms. The second-order valence-corrected chi connectivity index (χ2v) is 4.40. The van der Waals surface area contributed by atoms with Crippen molar-refractivity contribution in [1.29, 1.82) is 0 Å². The molecule has 14 heavy (non-hydrogen) atoms. The van der Waals surface area contributed by atoms with Crippen LogP contribution in [0.25, 0.3) is 0 Å². The molecule has 0 aromatic rings. The molecule has 0 aromatic heterocycles. The number of carbonyl (C=O) groups is 1. The summed E-state index contributed by atoms with van der Waals surface area (Å²) in [6, 6.07) is 0.364. The Labute approximate surface area is 84.8 Å². The Bertz CT molecular complexity index is 217. The van der Waals surface area contributed by atoms with E-state index in [1.807, 2.05) is 4.90 Å². The summed E-state index contributed by atoms with van der Waals surface area (Å²) >= 11 is 0. The van der Waals surface area contributed by atoms with Crippen molar-refractivity contribution in [1.82, 2.24) is 10.3 Å². The third kappa shape index (κ3) is 1.71. The SMILES string of the molecule is NNC(=O)N1CCC[C@H]2CCCC[C@H]21. The van der Waals surface area contributed by atoms with Crippen LogP contribution in [0.4, 0.5) is 4.79 Å². The Morgan fingerprint density at radius 3 is 2.71 bits per heavy atom. The number of piperidine rings is 1. The number of hydrogen-bond acceptors (Lipinski definition) is 2. The maximum atomic E-state index is 11.5. The molecule has 0 radical (unpaired) electrons. The van der Waals surface area contributed by atoms with Crippen molar-refractivity contribution in [3.05, 3.63) is 0 Å². The van der Waals surface area contributed by atoms with Crippen LogP contribution in [0.15, 0.2) is 0 Å². The number of urea groups is 1. The van der Waals surface area contributed by atoms with Gasteiger partial charge in [-0.1, -0.05) is 12.8 Å². The minimum Gasteiger partial charge on any atom is -0.320 e. The number of fused-ring (bicyclic) bond motifs is 1. The number of carbonyl (C=O) groups excluding carboxylic acids is 1. The van der Waals surface area contributed by atoms with Gasteiger partial charge in [-0.25, -0.2) is 10.6 Å². The van der Waals surface area contributed by atoms with Gasteiger partial charge in [-0.15, -0.1) is 0 Å². The van der Waals surface area contributed by atoms with Crippen LogP contribution < -0.4 is 11.3 Å². The zero-order valence-electron chi connectivity index (χ0n) is 8.54. The molecule has 1 aliphatic heterocycles. The van der Waals surface area contributed by atoms with Crippen LogP contribution in [0, 0.1) is 5.92 Å². The average molecular weight is 197 g/mol. The molecular weight excluding hydrogens is 178 g/mol. The second-order valence-electron chi connectivity index (χ2n) is 4.40. The summed E-state index contributed by atoms with van der Waals surface area (Å²) in [5, 5.41) is 0. The van der Waals surface area contributed by atoms with Gasteiger partial charge in [0, 0.05) is 12.6 Å². The van der Waals surface area contributed by atoms with Crippen LogP contribution in [0.5, 0.6) is 0 Å². The van der Waals surface area contributed by atoms with Crippen molar-refractivity contribution < 1.29 is 4.79 Å². The van der Waals surface area contributed by atoms with Crippen LogP contribution in [0.1, 0.15) is 38.5 Å². The Kier molecular flexibility index (Phi) is 2.91. The largest absolute Gasteiger partial charge is 0.331 e. The fourth-order valence-electron chi connectivity index (χ4n) is 2.96. The molecule has 2 rings (SSSR count). The van der Waals surface area contributed by atoms with Gasteiger partial charge in [-0.05, 0) is 31.6 Å². The van der Waals surface area contributed by atoms with E-state index in [2.05, 4.69) is 5.43 Å². The minimum atomic E-state index is -0.0957. The van der Waals surface area contributed by atoms with Crippen molar-refractivity contribution >= 4 is 6.03 Å². The number of likely N-dealkylation sites (tertiary alicyclic amines) is 1. The lowest BCUT2D eigenvalue weighted by atomic mass is 9.78. The van der Waals surface area contributed by atoms with Crippen molar-refractivity contribution in [2.24, 2.45) is 11.8 Å². The normalized spacial score (nSPS) is 32.2. The Hall–Kier alpha value is -0.770. The number of rotatable bonds is 0. The molecule has 0 unspecified atom stereocenters. The first-order chi connectivity index (χ1) is 6.83. The quantitative estimate of drug-likeness (QED) is 0.348. The van der Waals surface area contributed by atoms with Crippen LogP contribution in [-0.4, -0.2) is 23.5 Å². The summed E-state index contributed by atoms with van der Waals surface area (Å²) in [4.78, 5) is 13.4. The van der Waals surface area contributed by atoms with E-state index in [9.17, 15) is 4.79 Å². The number of amides is 2. The van der Waals surface area contributed by atoms with Crippen LogP contribution in [-0.2, 0) is 0 Å². The molecule has 0 spiro atoms. The third-order valence-corrected chi connectivity index (χ3v) is 3.63. The fraction of sp³-hybridized carbons (Fsp3) is 0.900. The number of hydrogen-bond donors (Lipinski definition) is 2. The first-order valence-electron chi connectivity index (χ1n) is 5.60. The van der Waals surface area contributed by atoms with Gasteiger partial charge in [0.15, 0.2) is 0 Å². The molecule has 1 saturated heterocycles.